The standard InChI is InChI=1S/C13H21ClO4/c1-3-11(14)12(16)8-6-5-7-10(15)9-13(17)18-4-2/h6,8,11-12,16H,3-5,7,9H2,1-2H3. The van der Waals surface area contributed by atoms with E-state index in [9.17, 15) is 14.7 Å². The van der Waals surface area contributed by atoms with E-state index < -0.39 is 12.1 Å². The third-order valence-corrected chi connectivity index (χ3v) is 2.90. The first kappa shape index (κ1) is 17.1. The van der Waals surface area contributed by atoms with Crippen molar-refractivity contribution in [1.29, 1.82) is 0 Å². The normalized spacial score (nSPS) is 14.4. The summed E-state index contributed by atoms with van der Waals surface area (Å²) in [6.07, 6.45) is 3.84. The first-order valence-electron chi connectivity index (χ1n) is 6.17. The average molecular weight is 277 g/mol. The van der Waals surface area contributed by atoms with Crippen molar-refractivity contribution in [3.05, 3.63) is 12.2 Å². The van der Waals surface area contributed by atoms with Gasteiger partial charge in [0, 0.05) is 6.42 Å². The monoisotopic (exact) mass is 276 g/mol. The van der Waals surface area contributed by atoms with Crippen molar-refractivity contribution in [3.8, 4) is 0 Å². The highest BCUT2D eigenvalue weighted by Crippen LogP contribution is 2.09. The molecule has 0 fully saturated rings. The first-order valence-corrected chi connectivity index (χ1v) is 6.61. The predicted molar refractivity (Wildman–Crippen MR) is 70.6 cm³/mol. The van der Waals surface area contributed by atoms with E-state index in [0.29, 0.717) is 12.8 Å². The number of aliphatic hydroxyl groups is 1. The lowest BCUT2D eigenvalue weighted by molar-refractivity contribution is -0.145. The number of ketones is 1. The summed E-state index contributed by atoms with van der Waals surface area (Å²) < 4.78 is 4.67. The topological polar surface area (TPSA) is 63.6 Å². The second-order valence-corrected chi connectivity index (χ2v) is 4.46. The van der Waals surface area contributed by atoms with Gasteiger partial charge in [-0.25, -0.2) is 0 Å². The highest BCUT2D eigenvalue weighted by atomic mass is 35.5. The van der Waals surface area contributed by atoms with E-state index in [1.165, 1.54) is 0 Å². The van der Waals surface area contributed by atoms with Gasteiger partial charge < -0.3 is 9.84 Å². The number of alkyl halides is 1. The van der Waals surface area contributed by atoms with Crippen LogP contribution < -0.4 is 0 Å². The largest absolute Gasteiger partial charge is 0.466 e. The van der Waals surface area contributed by atoms with Gasteiger partial charge in [0.1, 0.15) is 12.2 Å². The lowest BCUT2D eigenvalue weighted by atomic mass is 10.1. The number of aliphatic hydroxyl groups excluding tert-OH is 1. The Bertz CT molecular complexity index is 289. The molecule has 0 aliphatic rings. The molecule has 0 amide bonds. The Morgan fingerprint density at radius 2 is 2.06 bits per heavy atom. The molecule has 2 atom stereocenters. The molecule has 4 nitrogen and oxygen atoms in total. The molecule has 0 aliphatic carbocycles. The number of carbonyl (C=O) groups is 2. The Kier molecular flexibility index (Phi) is 9.60. The van der Waals surface area contributed by atoms with Crippen LogP contribution in [0, 0.1) is 0 Å². The van der Waals surface area contributed by atoms with Crippen LogP contribution in [-0.4, -0.2) is 34.9 Å². The van der Waals surface area contributed by atoms with E-state index in [4.69, 9.17) is 11.6 Å². The molecule has 0 saturated carbocycles. The minimum Gasteiger partial charge on any atom is -0.466 e. The van der Waals surface area contributed by atoms with Gasteiger partial charge >= 0.3 is 5.97 Å². The number of allylic oxidation sites excluding steroid dienone is 1. The summed E-state index contributed by atoms with van der Waals surface area (Å²) in [6.45, 7) is 3.87. The van der Waals surface area contributed by atoms with E-state index in [1.807, 2.05) is 6.92 Å². The summed E-state index contributed by atoms with van der Waals surface area (Å²) >= 11 is 5.83. The van der Waals surface area contributed by atoms with Crippen LogP contribution in [0.1, 0.15) is 39.5 Å². The Hall–Kier alpha value is -0.870. The van der Waals surface area contributed by atoms with Crippen molar-refractivity contribution < 1.29 is 19.4 Å². The number of hydrogen-bond acceptors (Lipinski definition) is 4. The lowest BCUT2D eigenvalue weighted by Crippen LogP contribution is -2.16. The van der Waals surface area contributed by atoms with Gasteiger partial charge in [0.15, 0.2) is 0 Å². The number of esters is 1. The van der Waals surface area contributed by atoms with Gasteiger partial charge in [-0.15, -0.1) is 11.6 Å². The molecule has 18 heavy (non-hydrogen) atoms. The van der Waals surface area contributed by atoms with Crippen molar-refractivity contribution in [1.82, 2.24) is 0 Å². The molecule has 0 aromatic rings. The zero-order valence-electron chi connectivity index (χ0n) is 10.9. The number of hydrogen-bond donors (Lipinski definition) is 1. The molecule has 0 heterocycles. The van der Waals surface area contributed by atoms with Crippen molar-refractivity contribution in [2.24, 2.45) is 0 Å². The molecular weight excluding hydrogens is 256 g/mol. The maximum Gasteiger partial charge on any atom is 0.313 e. The number of halogens is 1. The molecule has 104 valence electrons. The van der Waals surface area contributed by atoms with Gasteiger partial charge in [0.25, 0.3) is 0 Å². The Balaban J connectivity index is 3.80. The van der Waals surface area contributed by atoms with Gasteiger partial charge in [-0.2, -0.15) is 0 Å². The maximum absolute atomic E-state index is 11.3. The van der Waals surface area contributed by atoms with Crippen LogP contribution in [0.5, 0.6) is 0 Å². The number of ether oxygens (including phenoxy) is 1. The average Bonchev–Trinajstić information content (AvgIpc) is 2.33. The molecule has 0 bridgehead atoms. The molecular formula is C13H21ClO4. The molecule has 2 unspecified atom stereocenters. The highest BCUT2D eigenvalue weighted by Gasteiger charge is 2.11. The first-order chi connectivity index (χ1) is 8.51. The van der Waals surface area contributed by atoms with E-state index >= 15 is 0 Å². The quantitative estimate of drug-likeness (QED) is 0.304. The van der Waals surface area contributed by atoms with Crippen LogP contribution in [-0.2, 0) is 14.3 Å². The predicted octanol–water partition coefficient (Wildman–Crippen LogP) is 2.22. The minimum absolute atomic E-state index is 0.162. The van der Waals surface area contributed by atoms with Crippen LogP contribution >= 0.6 is 11.6 Å². The fourth-order valence-corrected chi connectivity index (χ4v) is 1.39. The number of rotatable bonds is 9. The summed E-state index contributed by atoms with van der Waals surface area (Å²) in [5.74, 6) is -0.649. The molecule has 0 spiro atoms. The maximum atomic E-state index is 11.3. The molecule has 0 aromatic carbocycles. The SMILES string of the molecule is CCOC(=O)CC(=O)CCC=CC(O)C(Cl)CC. The van der Waals surface area contributed by atoms with Gasteiger partial charge in [0.05, 0.1) is 18.1 Å². The van der Waals surface area contributed by atoms with E-state index in [1.54, 1.807) is 19.1 Å². The van der Waals surface area contributed by atoms with Crippen molar-refractivity contribution in [2.75, 3.05) is 6.61 Å². The summed E-state index contributed by atoms with van der Waals surface area (Å²) in [5.41, 5.74) is 0. The van der Waals surface area contributed by atoms with Crippen LogP contribution in [0.15, 0.2) is 12.2 Å². The van der Waals surface area contributed by atoms with Crippen LogP contribution in [0.2, 0.25) is 0 Å². The van der Waals surface area contributed by atoms with E-state index in [-0.39, 0.29) is 30.6 Å². The van der Waals surface area contributed by atoms with Crippen LogP contribution in [0.4, 0.5) is 0 Å². The molecule has 0 radical (unpaired) electrons. The second kappa shape index (κ2) is 10.1. The Labute approximate surface area is 113 Å². The molecule has 0 aliphatic heterocycles. The highest BCUT2D eigenvalue weighted by molar-refractivity contribution is 6.21. The Morgan fingerprint density at radius 3 is 2.61 bits per heavy atom. The molecule has 0 aromatic heterocycles. The van der Waals surface area contributed by atoms with Crippen molar-refractivity contribution in [2.45, 2.75) is 51.0 Å². The van der Waals surface area contributed by atoms with E-state index in [2.05, 4.69) is 4.74 Å². The fraction of sp³-hybridized carbons (Fsp3) is 0.692. The fourth-order valence-electron chi connectivity index (χ4n) is 1.30. The summed E-state index contributed by atoms with van der Waals surface area (Å²) in [7, 11) is 0. The zero-order chi connectivity index (χ0) is 14.0. The third kappa shape index (κ3) is 8.25. The molecule has 0 saturated heterocycles. The van der Waals surface area contributed by atoms with Gasteiger partial charge in [-0.05, 0) is 19.8 Å². The second-order valence-electron chi connectivity index (χ2n) is 3.90. The minimum atomic E-state index is -0.697. The van der Waals surface area contributed by atoms with Crippen LogP contribution in [0.3, 0.4) is 0 Å². The summed E-state index contributed by atoms with van der Waals surface area (Å²) in [5, 5.41) is 9.21. The summed E-state index contributed by atoms with van der Waals surface area (Å²) in [4.78, 5) is 22.3. The van der Waals surface area contributed by atoms with Gasteiger partial charge in [0.2, 0.25) is 0 Å². The van der Waals surface area contributed by atoms with Crippen LogP contribution in [0.25, 0.3) is 0 Å². The van der Waals surface area contributed by atoms with Gasteiger partial charge in [-0.3, -0.25) is 9.59 Å². The summed E-state index contributed by atoms with van der Waals surface area (Å²) in [6, 6.07) is 0. The zero-order valence-corrected chi connectivity index (χ0v) is 11.7. The molecule has 0 rings (SSSR count). The smallest absolute Gasteiger partial charge is 0.313 e. The number of Topliss-reactive ketones (excluding diaryl/α,β-unsaturated/α-hetero) is 1. The van der Waals surface area contributed by atoms with Crippen molar-refractivity contribution in [3.63, 3.8) is 0 Å². The molecule has 5 heteroatoms. The van der Waals surface area contributed by atoms with Gasteiger partial charge in [-0.1, -0.05) is 19.1 Å². The lowest BCUT2D eigenvalue weighted by Gasteiger charge is -2.09. The Morgan fingerprint density at radius 1 is 1.39 bits per heavy atom. The number of carbonyl (C=O) groups excluding carboxylic acids is 2. The third-order valence-electron chi connectivity index (χ3n) is 2.33. The molecule has 1 N–H and O–H groups in total. The van der Waals surface area contributed by atoms with E-state index in [0.717, 1.165) is 0 Å². The van der Waals surface area contributed by atoms with Crippen molar-refractivity contribution >= 4 is 23.4 Å².